The van der Waals surface area contributed by atoms with E-state index in [2.05, 4.69) is 0 Å². The predicted octanol–water partition coefficient (Wildman–Crippen LogP) is 3.10. The molecule has 0 spiro atoms. The zero-order chi connectivity index (χ0) is 15.2. The van der Waals surface area contributed by atoms with Gasteiger partial charge in [0.05, 0.1) is 19.9 Å². The molecule has 0 aliphatic heterocycles. The number of aryl methyl sites for hydroxylation is 1. The Hall–Kier alpha value is -2.49. The average Bonchev–Trinajstić information content (AvgIpc) is 2.53. The summed E-state index contributed by atoms with van der Waals surface area (Å²) < 4.78 is 10.2. The Kier molecular flexibility index (Phi) is 4.82. The van der Waals surface area contributed by atoms with Crippen LogP contribution in [0.4, 0.5) is 5.69 Å². The van der Waals surface area contributed by atoms with Crippen LogP contribution in [0.3, 0.4) is 0 Å². The molecule has 4 nitrogen and oxygen atoms in total. The molecule has 0 fully saturated rings. The van der Waals surface area contributed by atoms with Crippen LogP contribution in [0.1, 0.15) is 22.3 Å². The summed E-state index contributed by atoms with van der Waals surface area (Å²) in [5.41, 5.74) is 7.95. The molecule has 0 saturated heterocycles. The van der Waals surface area contributed by atoms with Gasteiger partial charge in [0.1, 0.15) is 11.5 Å². The fourth-order valence-electron chi connectivity index (χ4n) is 2.15. The Labute approximate surface area is 124 Å². The highest BCUT2D eigenvalue weighted by Crippen LogP contribution is 2.26. The SMILES string of the molecule is COc1ccc(CCC(=O)c2cccc(OC)c2N)cc1. The van der Waals surface area contributed by atoms with E-state index in [9.17, 15) is 4.79 Å². The second-order valence-corrected chi connectivity index (χ2v) is 4.69. The van der Waals surface area contributed by atoms with Crippen molar-refractivity contribution >= 4 is 11.5 Å². The summed E-state index contributed by atoms with van der Waals surface area (Å²) in [5, 5.41) is 0. The number of rotatable bonds is 6. The third-order valence-corrected chi connectivity index (χ3v) is 3.39. The third kappa shape index (κ3) is 3.54. The Morgan fingerprint density at radius 3 is 2.38 bits per heavy atom. The van der Waals surface area contributed by atoms with E-state index in [1.54, 1.807) is 25.3 Å². The highest BCUT2D eigenvalue weighted by Gasteiger charge is 2.12. The molecule has 0 unspecified atom stereocenters. The summed E-state index contributed by atoms with van der Waals surface area (Å²) >= 11 is 0. The van der Waals surface area contributed by atoms with Crippen LogP contribution >= 0.6 is 0 Å². The topological polar surface area (TPSA) is 61.5 Å². The molecule has 0 aliphatic carbocycles. The first-order chi connectivity index (χ1) is 10.2. The summed E-state index contributed by atoms with van der Waals surface area (Å²) in [6.45, 7) is 0. The second kappa shape index (κ2) is 6.79. The Bertz CT molecular complexity index is 620. The molecule has 0 radical (unpaired) electrons. The smallest absolute Gasteiger partial charge is 0.165 e. The number of nitrogen functional groups attached to an aromatic ring is 1. The van der Waals surface area contributed by atoms with Gasteiger partial charge in [0.25, 0.3) is 0 Å². The average molecular weight is 285 g/mol. The van der Waals surface area contributed by atoms with Gasteiger partial charge in [0.2, 0.25) is 0 Å². The van der Waals surface area contributed by atoms with E-state index in [1.165, 1.54) is 7.11 Å². The first-order valence-electron chi connectivity index (χ1n) is 6.74. The second-order valence-electron chi connectivity index (χ2n) is 4.69. The molecule has 4 heteroatoms. The van der Waals surface area contributed by atoms with E-state index >= 15 is 0 Å². The molecule has 0 heterocycles. The first kappa shape index (κ1) is 14.9. The number of Topliss-reactive ketones (excluding diaryl/α,β-unsaturated/α-hetero) is 1. The molecule has 2 N–H and O–H groups in total. The number of anilines is 1. The lowest BCUT2D eigenvalue weighted by Crippen LogP contribution is -2.06. The third-order valence-electron chi connectivity index (χ3n) is 3.39. The van der Waals surface area contributed by atoms with Gasteiger partial charge in [-0.05, 0) is 36.2 Å². The van der Waals surface area contributed by atoms with Crippen molar-refractivity contribution in [3.63, 3.8) is 0 Å². The number of para-hydroxylation sites is 1. The Balaban J connectivity index is 2.04. The van der Waals surface area contributed by atoms with E-state index in [1.807, 2.05) is 24.3 Å². The van der Waals surface area contributed by atoms with Gasteiger partial charge in [0.15, 0.2) is 5.78 Å². The largest absolute Gasteiger partial charge is 0.497 e. The fourth-order valence-corrected chi connectivity index (χ4v) is 2.15. The molecule has 110 valence electrons. The molecule has 0 aliphatic rings. The van der Waals surface area contributed by atoms with Crippen LogP contribution in [0.2, 0.25) is 0 Å². The van der Waals surface area contributed by atoms with E-state index in [0.717, 1.165) is 11.3 Å². The summed E-state index contributed by atoms with van der Waals surface area (Å²) in [6.07, 6.45) is 1.07. The van der Waals surface area contributed by atoms with Crippen molar-refractivity contribution in [3.8, 4) is 11.5 Å². The minimum absolute atomic E-state index is 0.0159. The van der Waals surface area contributed by atoms with Gasteiger partial charge < -0.3 is 15.2 Å². The van der Waals surface area contributed by atoms with E-state index in [0.29, 0.717) is 29.8 Å². The summed E-state index contributed by atoms with van der Waals surface area (Å²) in [7, 11) is 3.17. The predicted molar refractivity (Wildman–Crippen MR) is 83.1 cm³/mol. The fraction of sp³-hybridized carbons (Fsp3) is 0.235. The van der Waals surface area contributed by atoms with Crippen molar-refractivity contribution in [2.75, 3.05) is 20.0 Å². The van der Waals surface area contributed by atoms with Crippen molar-refractivity contribution in [1.82, 2.24) is 0 Å². The number of hydrogen-bond donors (Lipinski definition) is 1. The lowest BCUT2D eigenvalue weighted by atomic mass is 10.0. The van der Waals surface area contributed by atoms with Crippen molar-refractivity contribution in [2.45, 2.75) is 12.8 Å². The summed E-state index contributed by atoms with van der Waals surface area (Å²) in [4.78, 5) is 12.3. The molecule has 0 saturated carbocycles. The van der Waals surface area contributed by atoms with E-state index in [4.69, 9.17) is 15.2 Å². The Morgan fingerprint density at radius 1 is 1.05 bits per heavy atom. The van der Waals surface area contributed by atoms with Crippen LogP contribution in [0.5, 0.6) is 11.5 Å². The Morgan fingerprint density at radius 2 is 1.76 bits per heavy atom. The zero-order valence-electron chi connectivity index (χ0n) is 12.3. The monoisotopic (exact) mass is 285 g/mol. The molecule has 0 aromatic heterocycles. The number of benzene rings is 2. The lowest BCUT2D eigenvalue weighted by Gasteiger charge is -2.09. The number of ketones is 1. The van der Waals surface area contributed by atoms with Crippen molar-refractivity contribution in [3.05, 3.63) is 53.6 Å². The molecular formula is C17H19NO3. The normalized spacial score (nSPS) is 10.2. The lowest BCUT2D eigenvalue weighted by molar-refractivity contribution is 0.0983. The minimum atomic E-state index is 0.0159. The number of hydrogen-bond acceptors (Lipinski definition) is 4. The van der Waals surface area contributed by atoms with Crippen molar-refractivity contribution in [1.29, 1.82) is 0 Å². The number of methoxy groups -OCH3 is 2. The molecule has 2 aromatic carbocycles. The van der Waals surface area contributed by atoms with Gasteiger partial charge in [-0.3, -0.25) is 4.79 Å². The van der Waals surface area contributed by atoms with Crippen LogP contribution in [-0.4, -0.2) is 20.0 Å². The molecule has 0 atom stereocenters. The number of nitrogens with two attached hydrogens (primary N) is 1. The van der Waals surface area contributed by atoms with Crippen LogP contribution in [-0.2, 0) is 6.42 Å². The summed E-state index contributed by atoms with van der Waals surface area (Å²) in [5.74, 6) is 1.36. The van der Waals surface area contributed by atoms with Gasteiger partial charge in [-0.2, -0.15) is 0 Å². The molecule has 0 amide bonds. The van der Waals surface area contributed by atoms with Gasteiger partial charge in [0, 0.05) is 12.0 Å². The molecule has 21 heavy (non-hydrogen) atoms. The van der Waals surface area contributed by atoms with Crippen LogP contribution < -0.4 is 15.2 Å². The maximum atomic E-state index is 12.3. The van der Waals surface area contributed by atoms with E-state index in [-0.39, 0.29) is 5.78 Å². The number of carbonyl (C=O) groups is 1. The molecular weight excluding hydrogens is 266 g/mol. The van der Waals surface area contributed by atoms with Crippen LogP contribution in [0, 0.1) is 0 Å². The van der Waals surface area contributed by atoms with Crippen LogP contribution in [0.25, 0.3) is 0 Å². The molecule has 0 bridgehead atoms. The molecule has 2 rings (SSSR count). The molecule has 2 aromatic rings. The van der Waals surface area contributed by atoms with Crippen molar-refractivity contribution < 1.29 is 14.3 Å². The van der Waals surface area contributed by atoms with Gasteiger partial charge in [-0.25, -0.2) is 0 Å². The first-order valence-corrected chi connectivity index (χ1v) is 6.74. The number of ether oxygens (including phenoxy) is 2. The standard InChI is InChI=1S/C17H19NO3/c1-20-13-9-6-12(7-10-13)8-11-15(19)14-4-3-5-16(21-2)17(14)18/h3-7,9-10H,8,11,18H2,1-2H3. The highest BCUT2D eigenvalue weighted by molar-refractivity contribution is 6.01. The summed E-state index contributed by atoms with van der Waals surface area (Å²) in [6, 6.07) is 12.9. The maximum absolute atomic E-state index is 12.3. The quantitative estimate of drug-likeness (QED) is 0.654. The van der Waals surface area contributed by atoms with E-state index < -0.39 is 0 Å². The van der Waals surface area contributed by atoms with Gasteiger partial charge in [-0.1, -0.05) is 18.2 Å². The maximum Gasteiger partial charge on any atom is 0.165 e. The van der Waals surface area contributed by atoms with Gasteiger partial charge >= 0.3 is 0 Å². The van der Waals surface area contributed by atoms with Crippen molar-refractivity contribution in [2.24, 2.45) is 0 Å². The number of carbonyl (C=O) groups excluding carboxylic acids is 1. The van der Waals surface area contributed by atoms with Crippen LogP contribution in [0.15, 0.2) is 42.5 Å². The van der Waals surface area contributed by atoms with Gasteiger partial charge in [-0.15, -0.1) is 0 Å². The highest BCUT2D eigenvalue weighted by atomic mass is 16.5. The zero-order valence-corrected chi connectivity index (χ0v) is 12.3. The minimum Gasteiger partial charge on any atom is -0.497 e.